The summed E-state index contributed by atoms with van der Waals surface area (Å²) in [7, 11) is 0. The fourth-order valence-electron chi connectivity index (χ4n) is 2.61. The van der Waals surface area contributed by atoms with Gasteiger partial charge < -0.3 is 10.3 Å². The lowest BCUT2D eigenvalue weighted by Gasteiger charge is -2.06. The highest BCUT2D eigenvalue weighted by atomic mass is 32.1. The molecule has 0 bridgehead atoms. The van der Waals surface area contributed by atoms with Crippen LogP contribution in [0.3, 0.4) is 0 Å². The molecule has 0 aliphatic rings. The van der Waals surface area contributed by atoms with Crippen molar-refractivity contribution in [1.82, 2.24) is 14.5 Å². The maximum absolute atomic E-state index is 5.59. The third-order valence-corrected chi connectivity index (χ3v) is 4.53. The number of aromatic nitrogens is 3. The van der Waals surface area contributed by atoms with Crippen LogP contribution in [0.25, 0.3) is 10.9 Å². The van der Waals surface area contributed by atoms with Crippen LogP contribution in [0.15, 0.2) is 65.5 Å². The van der Waals surface area contributed by atoms with Crippen molar-refractivity contribution in [1.29, 1.82) is 0 Å². The Morgan fingerprint density at radius 1 is 1.28 bits per heavy atom. The Bertz CT molecular complexity index is 1020. The molecule has 0 amide bonds. The smallest absolute Gasteiger partial charge is 0.205 e. The van der Waals surface area contributed by atoms with E-state index in [1.54, 1.807) is 17.8 Å². The van der Waals surface area contributed by atoms with Crippen LogP contribution in [0.5, 0.6) is 0 Å². The van der Waals surface area contributed by atoms with E-state index in [0.717, 1.165) is 17.6 Å². The Labute approximate surface area is 148 Å². The van der Waals surface area contributed by atoms with Gasteiger partial charge in [-0.25, -0.2) is 4.98 Å². The number of benzene rings is 1. The number of nitrogens with zero attached hydrogens (tertiary/aromatic N) is 4. The molecule has 0 fully saturated rings. The number of fused-ring (bicyclic) bond motifs is 1. The minimum absolute atomic E-state index is 0.498. The number of thiazole rings is 1. The highest BCUT2D eigenvalue weighted by Gasteiger charge is 2.03. The van der Waals surface area contributed by atoms with Crippen molar-refractivity contribution in [2.45, 2.75) is 6.54 Å². The van der Waals surface area contributed by atoms with Gasteiger partial charge in [0, 0.05) is 36.0 Å². The molecular formula is C18H16N6S. The van der Waals surface area contributed by atoms with Gasteiger partial charge in [0.25, 0.3) is 0 Å². The molecular weight excluding hydrogens is 332 g/mol. The molecule has 0 aliphatic heterocycles. The average molecular weight is 348 g/mol. The van der Waals surface area contributed by atoms with Crippen molar-refractivity contribution in [2.75, 3.05) is 11.2 Å². The summed E-state index contributed by atoms with van der Waals surface area (Å²) in [5.41, 5.74) is 11.8. The van der Waals surface area contributed by atoms with Crippen molar-refractivity contribution in [3.05, 3.63) is 71.5 Å². The number of rotatable bonds is 5. The summed E-state index contributed by atoms with van der Waals surface area (Å²) in [4.78, 5) is 8.28. The lowest BCUT2D eigenvalue weighted by Crippen LogP contribution is -1.98. The summed E-state index contributed by atoms with van der Waals surface area (Å²) < 4.78 is 2.21. The van der Waals surface area contributed by atoms with E-state index in [4.69, 9.17) is 5.73 Å². The molecule has 1 aromatic carbocycles. The minimum atomic E-state index is 0.498. The fraction of sp³-hybridized carbons (Fsp3) is 0.0556. The van der Waals surface area contributed by atoms with Crippen LogP contribution in [0, 0.1) is 0 Å². The summed E-state index contributed by atoms with van der Waals surface area (Å²) in [6.07, 6.45) is 7.54. The highest BCUT2D eigenvalue weighted by molar-refractivity contribution is 7.14. The lowest BCUT2D eigenvalue weighted by atomic mass is 10.2. The third-order valence-electron chi connectivity index (χ3n) is 3.77. The summed E-state index contributed by atoms with van der Waals surface area (Å²) in [5.74, 6) is 0.498. The quantitative estimate of drug-likeness (QED) is 0.427. The van der Waals surface area contributed by atoms with Crippen LogP contribution in [0.4, 0.5) is 10.9 Å². The van der Waals surface area contributed by atoms with Gasteiger partial charge in [-0.05, 0) is 34.7 Å². The molecule has 3 aromatic heterocycles. The van der Waals surface area contributed by atoms with Gasteiger partial charge in [0.15, 0.2) is 0 Å². The molecule has 0 saturated heterocycles. The van der Waals surface area contributed by atoms with Crippen molar-refractivity contribution in [3.63, 3.8) is 0 Å². The molecule has 0 saturated carbocycles. The maximum Gasteiger partial charge on any atom is 0.205 e. The molecule has 124 valence electrons. The van der Waals surface area contributed by atoms with Gasteiger partial charge >= 0.3 is 0 Å². The first-order valence-electron chi connectivity index (χ1n) is 7.76. The Kier molecular flexibility index (Phi) is 4.14. The topological polar surface area (TPSA) is 81.1 Å². The van der Waals surface area contributed by atoms with Crippen LogP contribution in [0.2, 0.25) is 0 Å². The van der Waals surface area contributed by atoms with Gasteiger partial charge in [-0.1, -0.05) is 18.2 Å². The number of hydrazone groups is 1. The highest BCUT2D eigenvalue weighted by Crippen LogP contribution is 2.19. The Hall–Kier alpha value is -3.19. The first kappa shape index (κ1) is 15.3. The lowest BCUT2D eigenvalue weighted by molar-refractivity contribution is 0.831. The molecule has 3 heterocycles. The number of pyridine rings is 1. The van der Waals surface area contributed by atoms with E-state index in [-0.39, 0.29) is 0 Å². The number of hydrogen-bond acceptors (Lipinski definition) is 6. The van der Waals surface area contributed by atoms with E-state index < -0.39 is 0 Å². The molecule has 4 aromatic rings. The van der Waals surface area contributed by atoms with E-state index in [1.165, 1.54) is 22.3 Å². The summed E-state index contributed by atoms with van der Waals surface area (Å²) >= 11 is 1.42. The van der Waals surface area contributed by atoms with Gasteiger partial charge in [-0.3, -0.25) is 10.4 Å². The van der Waals surface area contributed by atoms with E-state index in [2.05, 4.69) is 55.5 Å². The second-order valence-electron chi connectivity index (χ2n) is 5.57. The molecule has 7 heteroatoms. The Morgan fingerprint density at radius 3 is 3.04 bits per heavy atom. The zero-order chi connectivity index (χ0) is 17.1. The number of hydrogen-bond donors (Lipinski definition) is 2. The van der Waals surface area contributed by atoms with Crippen molar-refractivity contribution in [2.24, 2.45) is 5.10 Å². The number of nitrogen functional groups attached to an aromatic ring is 1. The molecule has 0 spiro atoms. The van der Waals surface area contributed by atoms with E-state index >= 15 is 0 Å². The predicted molar refractivity (Wildman–Crippen MR) is 103 cm³/mol. The monoisotopic (exact) mass is 348 g/mol. The van der Waals surface area contributed by atoms with Gasteiger partial charge in [0.05, 0.1) is 6.21 Å². The van der Waals surface area contributed by atoms with Gasteiger partial charge in [-0.15, -0.1) is 11.3 Å². The summed E-state index contributed by atoms with van der Waals surface area (Å²) in [6.45, 7) is 0.786. The van der Waals surface area contributed by atoms with Crippen LogP contribution in [0.1, 0.15) is 11.1 Å². The van der Waals surface area contributed by atoms with Crippen LogP contribution >= 0.6 is 11.3 Å². The maximum atomic E-state index is 5.59. The van der Waals surface area contributed by atoms with Crippen molar-refractivity contribution >= 4 is 39.4 Å². The largest absolute Gasteiger partial charge is 0.383 e. The van der Waals surface area contributed by atoms with Crippen LogP contribution < -0.4 is 11.2 Å². The Morgan fingerprint density at radius 2 is 2.24 bits per heavy atom. The zero-order valence-corrected chi connectivity index (χ0v) is 14.1. The molecule has 0 aliphatic carbocycles. The van der Waals surface area contributed by atoms with Gasteiger partial charge in [0.2, 0.25) is 5.13 Å². The number of nitrogens with one attached hydrogen (secondary N) is 1. The fourth-order valence-corrected chi connectivity index (χ4v) is 3.16. The van der Waals surface area contributed by atoms with Crippen molar-refractivity contribution in [3.8, 4) is 0 Å². The van der Waals surface area contributed by atoms with E-state index in [1.807, 2.05) is 18.3 Å². The SMILES string of the molecule is Nc1csc(NN=Cc2ccc3ccn(Cc4cccnc4)c3c2)n1. The standard InChI is InChI=1S/C18H16N6S/c19-17-12-25-18(22-17)23-21-10-13-3-4-15-5-7-24(16(15)8-13)11-14-2-1-6-20-9-14/h1-10,12H,11,19H2,(H,22,23). The summed E-state index contributed by atoms with van der Waals surface area (Å²) in [6, 6.07) is 12.4. The normalized spacial score (nSPS) is 11.4. The third kappa shape index (κ3) is 3.51. The second kappa shape index (κ2) is 6.74. The first-order chi connectivity index (χ1) is 12.3. The second-order valence-corrected chi connectivity index (χ2v) is 6.43. The first-order valence-corrected chi connectivity index (χ1v) is 8.64. The summed E-state index contributed by atoms with van der Waals surface area (Å²) in [5, 5.41) is 7.87. The number of nitrogens with two attached hydrogens (primary N) is 1. The van der Waals surface area contributed by atoms with Crippen molar-refractivity contribution < 1.29 is 0 Å². The zero-order valence-electron chi connectivity index (χ0n) is 13.3. The average Bonchev–Trinajstić information content (AvgIpc) is 3.22. The van der Waals surface area contributed by atoms with Crippen LogP contribution in [-0.2, 0) is 6.54 Å². The van der Waals surface area contributed by atoms with E-state index in [9.17, 15) is 0 Å². The molecule has 25 heavy (non-hydrogen) atoms. The molecule has 4 rings (SSSR count). The minimum Gasteiger partial charge on any atom is -0.383 e. The Balaban J connectivity index is 1.55. The molecule has 0 radical (unpaired) electrons. The molecule has 0 atom stereocenters. The molecule has 0 unspecified atom stereocenters. The number of anilines is 2. The van der Waals surface area contributed by atoms with Gasteiger partial charge in [0.1, 0.15) is 5.82 Å². The molecule has 3 N–H and O–H groups in total. The van der Waals surface area contributed by atoms with E-state index in [0.29, 0.717) is 10.9 Å². The van der Waals surface area contributed by atoms with Gasteiger partial charge in [-0.2, -0.15) is 5.10 Å². The van der Waals surface area contributed by atoms with Crippen LogP contribution in [-0.4, -0.2) is 20.7 Å². The predicted octanol–water partition coefficient (Wildman–Crippen LogP) is 3.57. The molecule has 6 nitrogen and oxygen atoms in total.